The molecule has 0 atom stereocenters. The smallest absolute Gasteiger partial charge is 0.258 e. The summed E-state index contributed by atoms with van der Waals surface area (Å²) in [5, 5.41) is 1.03. The number of rotatable bonds is 4. The molecule has 0 aliphatic carbocycles. The lowest BCUT2D eigenvalue weighted by atomic mass is 10.1. The van der Waals surface area contributed by atoms with Crippen molar-refractivity contribution >= 4 is 32.5 Å². The Kier molecular flexibility index (Phi) is 5.67. The average Bonchev–Trinajstić information content (AvgIpc) is 2.70. The molecule has 4 rings (SSSR count). The summed E-state index contributed by atoms with van der Waals surface area (Å²) in [5.74, 6) is 0.579. The van der Waals surface area contributed by atoms with Gasteiger partial charge in [-0.15, -0.1) is 0 Å². The van der Waals surface area contributed by atoms with E-state index in [4.69, 9.17) is 11.6 Å². The number of hydrogen-bond donors (Lipinski definition) is 2. The molecule has 1 aromatic heterocycles. The Morgan fingerprint density at radius 3 is 2.53 bits per heavy atom. The number of H-pyrrole nitrogens is 1. The first-order valence-corrected chi connectivity index (χ1v) is 11.7. The number of quaternary nitrogens is 1. The van der Waals surface area contributed by atoms with Crippen molar-refractivity contribution in [2.45, 2.75) is 25.3 Å². The quantitative estimate of drug-likeness (QED) is 0.630. The molecule has 0 unspecified atom stereocenters. The van der Waals surface area contributed by atoms with Crippen LogP contribution in [0.4, 0.5) is 0 Å². The van der Waals surface area contributed by atoms with Gasteiger partial charge in [0.15, 0.2) is 5.82 Å². The predicted octanol–water partition coefficient (Wildman–Crippen LogP) is 1.28. The monoisotopic (exact) mass is 447 g/mol. The minimum atomic E-state index is -3.51. The molecule has 0 spiro atoms. The van der Waals surface area contributed by atoms with E-state index in [0.717, 1.165) is 11.1 Å². The molecule has 7 nitrogen and oxygen atoms in total. The molecule has 1 fully saturated rings. The number of halogens is 1. The van der Waals surface area contributed by atoms with Crippen molar-refractivity contribution in [2.24, 2.45) is 0 Å². The first kappa shape index (κ1) is 21.0. The van der Waals surface area contributed by atoms with E-state index in [1.54, 1.807) is 30.3 Å². The van der Waals surface area contributed by atoms with Gasteiger partial charge < -0.3 is 9.88 Å². The Labute approximate surface area is 180 Å². The van der Waals surface area contributed by atoms with Crippen LogP contribution in [0.15, 0.2) is 46.1 Å². The summed E-state index contributed by atoms with van der Waals surface area (Å²) in [6.07, 6.45) is 0. The van der Waals surface area contributed by atoms with Gasteiger partial charge in [-0.2, -0.15) is 4.31 Å². The number of aromatic amines is 1. The van der Waals surface area contributed by atoms with Gasteiger partial charge in [0.05, 0.1) is 42.0 Å². The maximum atomic E-state index is 13.0. The molecule has 1 aliphatic rings. The molecular weight excluding hydrogens is 424 g/mol. The standard InChI is InChI=1S/C21H23ClN4O3S/c1-14-3-5-17(11-15(14)2)30(28,29)26-9-7-25(8-10-26)13-20-23-19-12-16(22)4-6-18(19)21(27)24-20/h3-6,11-12H,7-10,13H2,1-2H3,(H,23,24,27)/p+1. The molecule has 3 aromatic rings. The van der Waals surface area contributed by atoms with Crippen LogP contribution in [0.25, 0.3) is 10.9 Å². The molecule has 1 aliphatic heterocycles. The van der Waals surface area contributed by atoms with Crippen molar-refractivity contribution < 1.29 is 13.3 Å². The normalized spacial score (nSPS) is 16.2. The highest BCUT2D eigenvalue weighted by molar-refractivity contribution is 7.89. The summed E-state index contributed by atoms with van der Waals surface area (Å²) in [6, 6.07) is 10.3. The molecule has 2 N–H and O–H groups in total. The van der Waals surface area contributed by atoms with Crippen LogP contribution in [0, 0.1) is 13.8 Å². The number of nitrogens with one attached hydrogen (secondary N) is 2. The van der Waals surface area contributed by atoms with E-state index >= 15 is 0 Å². The molecule has 2 heterocycles. The molecule has 0 bridgehead atoms. The zero-order valence-corrected chi connectivity index (χ0v) is 18.5. The second kappa shape index (κ2) is 8.11. The lowest BCUT2D eigenvalue weighted by Gasteiger charge is -2.31. The topological polar surface area (TPSA) is 87.6 Å². The van der Waals surface area contributed by atoms with Gasteiger partial charge in [-0.3, -0.25) is 4.79 Å². The van der Waals surface area contributed by atoms with Crippen LogP contribution in [-0.2, 0) is 16.6 Å². The lowest BCUT2D eigenvalue weighted by molar-refractivity contribution is -0.917. The number of nitrogens with zero attached hydrogens (tertiary/aromatic N) is 2. The highest BCUT2D eigenvalue weighted by atomic mass is 35.5. The van der Waals surface area contributed by atoms with E-state index in [1.807, 2.05) is 19.9 Å². The number of hydrogen-bond acceptors (Lipinski definition) is 4. The number of aryl methyl sites for hydroxylation is 2. The lowest BCUT2D eigenvalue weighted by Crippen LogP contribution is -3.13. The maximum absolute atomic E-state index is 13.0. The average molecular weight is 448 g/mol. The Hall–Kier alpha value is -2.26. The Morgan fingerprint density at radius 2 is 1.83 bits per heavy atom. The first-order valence-electron chi connectivity index (χ1n) is 9.83. The fourth-order valence-corrected chi connectivity index (χ4v) is 5.42. The third kappa shape index (κ3) is 4.13. The van der Waals surface area contributed by atoms with Gasteiger partial charge in [0, 0.05) is 5.02 Å². The van der Waals surface area contributed by atoms with Gasteiger partial charge in [0.1, 0.15) is 6.54 Å². The van der Waals surface area contributed by atoms with Crippen molar-refractivity contribution in [1.82, 2.24) is 14.3 Å². The molecule has 30 heavy (non-hydrogen) atoms. The molecule has 2 aromatic carbocycles. The van der Waals surface area contributed by atoms with E-state index in [-0.39, 0.29) is 5.56 Å². The largest absolute Gasteiger partial charge is 0.326 e. The Morgan fingerprint density at radius 1 is 1.10 bits per heavy atom. The van der Waals surface area contributed by atoms with Crippen molar-refractivity contribution in [2.75, 3.05) is 26.2 Å². The van der Waals surface area contributed by atoms with Crippen molar-refractivity contribution in [3.05, 3.63) is 68.7 Å². The van der Waals surface area contributed by atoms with E-state index in [1.165, 1.54) is 9.21 Å². The zero-order valence-electron chi connectivity index (χ0n) is 16.9. The summed E-state index contributed by atoms with van der Waals surface area (Å²) in [5.41, 5.74) is 2.41. The van der Waals surface area contributed by atoms with E-state index in [0.29, 0.717) is 59.4 Å². The predicted molar refractivity (Wildman–Crippen MR) is 116 cm³/mol. The fourth-order valence-electron chi connectivity index (χ4n) is 3.72. The minimum Gasteiger partial charge on any atom is -0.326 e. The summed E-state index contributed by atoms with van der Waals surface area (Å²) in [6.45, 7) is 6.54. The number of piperazine rings is 1. The van der Waals surface area contributed by atoms with Gasteiger partial charge >= 0.3 is 0 Å². The third-order valence-electron chi connectivity index (χ3n) is 5.68. The Bertz CT molecular complexity index is 1260. The second-order valence-electron chi connectivity index (χ2n) is 7.75. The summed E-state index contributed by atoms with van der Waals surface area (Å²) >= 11 is 6.02. The fraction of sp³-hybridized carbons (Fsp3) is 0.333. The van der Waals surface area contributed by atoms with Gasteiger partial charge in [-0.1, -0.05) is 17.7 Å². The SMILES string of the molecule is Cc1ccc(S(=O)(=O)N2CC[NH+](Cc3nc4cc(Cl)ccc4c(=O)[nH]3)CC2)cc1C. The van der Waals surface area contributed by atoms with Crippen molar-refractivity contribution in [1.29, 1.82) is 0 Å². The second-order valence-corrected chi connectivity index (χ2v) is 10.1. The first-order chi connectivity index (χ1) is 14.2. The van der Waals surface area contributed by atoms with Crippen LogP contribution < -0.4 is 10.5 Å². The van der Waals surface area contributed by atoms with Crippen LogP contribution in [0.3, 0.4) is 0 Å². The van der Waals surface area contributed by atoms with Gasteiger partial charge in [0.2, 0.25) is 10.0 Å². The van der Waals surface area contributed by atoms with Crippen molar-refractivity contribution in [3.8, 4) is 0 Å². The summed E-state index contributed by atoms with van der Waals surface area (Å²) < 4.78 is 27.5. The third-order valence-corrected chi connectivity index (χ3v) is 7.81. The van der Waals surface area contributed by atoms with Crippen LogP contribution in [0.5, 0.6) is 0 Å². The molecule has 0 radical (unpaired) electrons. The zero-order chi connectivity index (χ0) is 21.5. The van der Waals surface area contributed by atoms with E-state index in [9.17, 15) is 13.2 Å². The van der Waals surface area contributed by atoms with Crippen LogP contribution in [0.2, 0.25) is 5.02 Å². The van der Waals surface area contributed by atoms with E-state index < -0.39 is 10.0 Å². The number of sulfonamides is 1. The van der Waals surface area contributed by atoms with E-state index in [2.05, 4.69) is 9.97 Å². The highest BCUT2D eigenvalue weighted by Crippen LogP contribution is 2.19. The molecular formula is C21H24ClN4O3S+. The Balaban J connectivity index is 1.46. The van der Waals surface area contributed by atoms with Gasteiger partial charge in [-0.25, -0.2) is 13.4 Å². The van der Waals surface area contributed by atoms with Gasteiger partial charge in [0.25, 0.3) is 5.56 Å². The van der Waals surface area contributed by atoms with Crippen molar-refractivity contribution in [3.63, 3.8) is 0 Å². The highest BCUT2D eigenvalue weighted by Gasteiger charge is 2.30. The molecule has 1 saturated heterocycles. The van der Waals surface area contributed by atoms with Crippen LogP contribution >= 0.6 is 11.6 Å². The summed E-state index contributed by atoms with van der Waals surface area (Å²) in [7, 11) is -3.51. The number of fused-ring (bicyclic) bond motifs is 1. The molecule has 9 heteroatoms. The minimum absolute atomic E-state index is 0.193. The van der Waals surface area contributed by atoms with Gasteiger partial charge in [-0.05, 0) is 55.3 Å². The molecule has 158 valence electrons. The molecule has 0 saturated carbocycles. The number of benzene rings is 2. The molecule has 0 amide bonds. The van der Waals surface area contributed by atoms with Crippen LogP contribution in [0.1, 0.15) is 17.0 Å². The van der Waals surface area contributed by atoms with Crippen LogP contribution in [-0.4, -0.2) is 48.9 Å². The maximum Gasteiger partial charge on any atom is 0.258 e. The number of aromatic nitrogens is 2. The summed E-state index contributed by atoms with van der Waals surface area (Å²) in [4.78, 5) is 21.2.